The van der Waals surface area contributed by atoms with Crippen LogP contribution in [-0.4, -0.2) is 0 Å². The third-order valence-electron chi connectivity index (χ3n) is 6.92. The first-order valence-corrected chi connectivity index (χ1v) is 12.0. The van der Waals surface area contributed by atoms with Crippen LogP contribution in [-0.2, 0) is 5.41 Å². The van der Waals surface area contributed by atoms with Crippen molar-refractivity contribution in [2.45, 2.75) is 26.2 Å². The first-order valence-electron chi connectivity index (χ1n) is 12.0. The lowest BCUT2D eigenvalue weighted by atomic mass is 9.77. The Balaban J connectivity index is 1.76. The summed E-state index contributed by atoms with van der Waals surface area (Å²) in [7, 11) is 0. The molecule has 164 valence electrons. The van der Waals surface area contributed by atoms with Crippen LogP contribution in [0.5, 0.6) is 0 Å². The molecule has 0 spiro atoms. The van der Waals surface area contributed by atoms with Crippen LogP contribution in [0.1, 0.15) is 26.3 Å². The normalized spacial score (nSPS) is 12.0. The van der Waals surface area contributed by atoms with Gasteiger partial charge in [-0.05, 0) is 77.7 Å². The van der Waals surface area contributed by atoms with Crippen molar-refractivity contribution < 1.29 is 0 Å². The van der Waals surface area contributed by atoms with Crippen LogP contribution in [0.25, 0.3) is 54.6 Å². The minimum Gasteiger partial charge on any atom is -0.0622 e. The largest absolute Gasteiger partial charge is 0.0622 e. The van der Waals surface area contributed by atoms with Crippen molar-refractivity contribution in [3.63, 3.8) is 0 Å². The molecular formula is C34H28. The van der Waals surface area contributed by atoms with Crippen LogP contribution in [0.15, 0.2) is 115 Å². The maximum atomic E-state index is 2.40. The molecule has 0 heterocycles. The molecule has 0 N–H and O–H groups in total. The van der Waals surface area contributed by atoms with Crippen LogP contribution in [0.4, 0.5) is 0 Å². The smallest absolute Gasteiger partial charge is 0.00264 e. The Morgan fingerprint density at radius 2 is 1.03 bits per heavy atom. The summed E-state index contributed by atoms with van der Waals surface area (Å²) in [6.45, 7) is 7.00. The van der Waals surface area contributed by atoms with Crippen LogP contribution in [0.3, 0.4) is 0 Å². The van der Waals surface area contributed by atoms with E-state index in [1.54, 1.807) is 0 Å². The van der Waals surface area contributed by atoms with Gasteiger partial charge >= 0.3 is 0 Å². The molecular weight excluding hydrogens is 408 g/mol. The lowest BCUT2D eigenvalue weighted by molar-refractivity contribution is 0.601. The topological polar surface area (TPSA) is 0 Å². The Hall–Kier alpha value is -3.90. The highest BCUT2D eigenvalue weighted by molar-refractivity contribution is 6.16. The fourth-order valence-corrected chi connectivity index (χ4v) is 5.45. The van der Waals surface area contributed by atoms with Crippen LogP contribution in [0.2, 0.25) is 0 Å². The lowest BCUT2D eigenvalue weighted by Gasteiger charge is -2.26. The maximum absolute atomic E-state index is 2.40. The van der Waals surface area contributed by atoms with Gasteiger partial charge in [-0.1, -0.05) is 124 Å². The number of hydrogen-bond donors (Lipinski definition) is 0. The Labute approximate surface area is 201 Å². The summed E-state index contributed by atoms with van der Waals surface area (Å²) in [4.78, 5) is 0. The number of benzene rings is 6. The van der Waals surface area contributed by atoms with Crippen LogP contribution >= 0.6 is 0 Å². The van der Waals surface area contributed by atoms with Gasteiger partial charge in [0, 0.05) is 0 Å². The van der Waals surface area contributed by atoms with Gasteiger partial charge in [-0.25, -0.2) is 0 Å². The fourth-order valence-electron chi connectivity index (χ4n) is 5.45. The summed E-state index contributed by atoms with van der Waals surface area (Å²) in [5.41, 5.74) is 6.54. The maximum Gasteiger partial charge on any atom is -0.00264 e. The van der Waals surface area contributed by atoms with Gasteiger partial charge in [0.1, 0.15) is 0 Å². The summed E-state index contributed by atoms with van der Waals surface area (Å²) < 4.78 is 0. The molecule has 0 aliphatic carbocycles. The number of hydrogen-bond acceptors (Lipinski definition) is 0. The first-order chi connectivity index (χ1) is 16.5. The lowest BCUT2D eigenvalue weighted by Crippen LogP contribution is -2.13. The van der Waals surface area contributed by atoms with Gasteiger partial charge in [0.2, 0.25) is 0 Å². The Bertz CT molecular complexity index is 1660. The Morgan fingerprint density at radius 3 is 1.79 bits per heavy atom. The molecule has 34 heavy (non-hydrogen) atoms. The van der Waals surface area contributed by atoms with E-state index in [9.17, 15) is 0 Å². The molecule has 0 atom stereocenters. The number of fused-ring (bicyclic) bond motifs is 3. The molecule has 0 saturated carbocycles. The van der Waals surface area contributed by atoms with Crippen molar-refractivity contribution in [1.82, 2.24) is 0 Å². The number of rotatable bonds is 2. The van der Waals surface area contributed by atoms with E-state index in [1.807, 2.05) is 0 Å². The summed E-state index contributed by atoms with van der Waals surface area (Å²) in [6, 6.07) is 42.2. The van der Waals surface area contributed by atoms with E-state index in [2.05, 4.69) is 136 Å². The summed E-state index contributed by atoms with van der Waals surface area (Å²) in [5, 5.41) is 7.88. The predicted octanol–water partition coefficient (Wildman–Crippen LogP) is 9.78. The zero-order valence-electron chi connectivity index (χ0n) is 20.0. The highest BCUT2D eigenvalue weighted by Gasteiger charge is 2.23. The SMILES string of the molecule is CC(C)(C)c1c2ccccc2c(-c2ccc3ccccc3c2)c2ccc(-c3ccccc3)cc12. The van der Waals surface area contributed by atoms with Gasteiger partial charge in [0.15, 0.2) is 0 Å². The van der Waals surface area contributed by atoms with E-state index in [4.69, 9.17) is 0 Å². The highest BCUT2D eigenvalue weighted by Crippen LogP contribution is 2.45. The van der Waals surface area contributed by atoms with E-state index < -0.39 is 0 Å². The third kappa shape index (κ3) is 3.38. The second-order valence-corrected chi connectivity index (χ2v) is 10.2. The zero-order chi connectivity index (χ0) is 23.3. The van der Waals surface area contributed by atoms with Crippen LogP contribution in [0, 0.1) is 0 Å². The minimum absolute atomic E-state index is 0.00901. The first kappa shape index (κ1) is 20.7. The third-order valence-corrected chi connectivity index (χ3v) is 6.92. The molecule has 0 amide bonds. The quantitative estimate of drug-likeness (QED) is 0.237. The van der Waals surface area contributed by atoms with Crippen molar-refractivity contribution >= 4 is 32.3 Å². The van der Waals surface area contributed by atoms with Gasteiger partial charge in [-0.15, -0.1) is 0 Å². The van der Waals surface area contributed by atoms with E-state index in [-0.39, 0.29) is 5.41 Å². The summed E-state index contributed by atoms with van der Waals surface area (Å²) in [5.74, 6) is 0. The molecule has 0 radical (unpaired) electrons. The predicted molar refractivity (Wildman–Crippen MR) is 149 cm³/mol. The van der Waals surface area contributed by atoms with Gasteiger partial charge in [-0.3, -0.25) is 0 Å². The molecule has 0 nitrogen and oxygen atoms in total. The molecule has 0 aliphatic heterocycles. The van der Waals surface area contributed by atoms with Crippen molar-refractivity contribution in [2.24, 2.45) is 0 Å². The second-order valence-electron chi connectivity index (χ2n) is 10.2. The molecule has 6 aromatic rings. The average molecular weight is 437 g/mol. The molecule has 0 fully saturated rings. The summed E-state index contributed by atoms with van der Waals surface area (Å²) in [6.07, 6.45) is 0. The van der Waals surface area contributed by atoms with Crippen molar-refractivity contribution in [3.05, 3.63) is 121 Å². The minimum atomic E-state index is 0.00901. The van der Waals surface area contributed by atoms with Gasteiger partial charge in [-0.2, -0.15) is 0 Å². The molecule has 0 bridgehead atoms. The monoisotopic (exact) mass is 436 g/mol. The second kappa shape index (κ2) is 7.85. The van der Waals surface area contributed by atoms with Gasteiger partial charge in [0.05, 0.1) is 0 Å². The molecule has 0 saturated heterocycles. The van der Waals surface area contributed by atoms with Crippen molar-refractivity contribution in [1.29, 1.82) is 0 Å². The summed E-state index contributed by atoms with van der Waals surface area (Å²) >= 11 is 0. The van der Waals surface area contributed by atoms with E-state index >= 15 is 0 Å². The Kier molecular flexibility index (Phi) is 4.78. The van der Waals surface area contributed by atoms with Crippen LogP contribution < -0.4 is 0 Å². The fraction of sp³-hybridized carbons (Fsp3) is 0.118. The zero-order valence-corrected chi connectivity index (χ0v) is 20.0. The van der Waals surface area contributed by atoms with Crippen molar-refractivity contribution in [2.75, 3.05) is 0 Å². The highest BCUT2D eigenvalue weighted by atomic mass is 14.3. The van der Waals surface area contributed by atoms with E-state index in [0.29, 0.717) is 0 Å². The molecule has 6 rings (SSSR count). The standard InChI is InChI=1S/C34H28/c1-34(2,3)33-30-16-10-9-15-28(30)32(27-18-17-24-13-7-8-14-25(24)21-27)29-20-19-26(22-31(29)33)23-11-5-4-6-12-23/h4-22H,1-3H3. The molecule has 0 heteroatoms. The van der Waals surface area contributed by atoms with Gasteiger partial charge < -0.3 is 0 Å². The molecule has 0 aliphatic rings. The van der Waals surface area contributed by atoms with E-state index in [1.165, 1.54) is 60.1 Å². The molecule has 0 aromatic heterocycles. The van der Waals surface area contributed by atoms with Gasteiger partial charge in [0.25, 0.3) is 0 Å². The average Bonchev–Trinajstić information content (AvgIpc) is 2.86. The van der Waals surface area contributed by atoms with E-state index in [0.717, 1.165) is 0 Å². The van der Waals surface area contributed by atoms with Crippen molar-refractivity contribution in [3.8, 4) is 22.3 Å². The molecule has 6 aromatic carbocycles. The molecule has 0 unspecified atom stereocenters. The Morgan fingerprint density at radius 1 is 0.412 bits per heavy atom.